The number of hydrogen-bond donors (Lipinski definition) is 1. The lowest BCUT2D eigenvalue weighted by molar-refractivity contribution is 0.0328. The van der Waals surface area contributed by atoms with Gasteiger partial charge in [0, 0.05) is 18.2 Å². The molecule has 0 radical (unpaired) electrons. The molecule has 0 aliphatic carbocycles. The van der Waals surface area contributed by atoms with E-state index in [-0.39, 0.29) is 0 Å². The van der Waals surface area contributed by atoms with Crippen molar-refractivity contribution in [3.8, 4) is 11.3 Å². The summed E-state index contributed by atoms with van der Waals surface area (Å²) in [7, 11) is 0. The molecule has 0 amide bonds. The molecule has 4 nitrogen and oxygen atoms in total. The summed E-state index contributed by atoms with van der Waals surface area (Å²) in [5.74, 6) is 0.816. The maximum absolute atomic E-state index is 9.92. The van der Waals surface area contributed by atoms with Gasteiger partial charge < -0.3 is 9.63 Å². The van der Waals surface area contributed by atoms with Crippen LogP contribution in [0.25, 0.3) is 11.3 Å². The third kappa shape index (κ3) is 4.69. The van der Waals surface area contributed by atoms with Gasteiger partial charge in [0.2, 0.25) is 0 Å². The van der Waals surface area contributed by atoms with Crippen LogP contribution >= 0.6 is 0 Å². The van der Waals surface area contributed by atoms with E-state index in [2.05, 4.69) is 36.0 Å². The molecule has 21 heavy (non-hydrogen) atoms. The van der Waals surface area contributed by atoms with Crippen molar-refractivity contribution in [3.05, 3.63) is 41.7 Å². The van der Waals surface area contributed by atoms with Crippen molar-refractivity contribution in [1.29, 1.82) is 0 Å². The fraction of sp³-hybridized carbons (Fsp3) is 0.471. The molecular weight excluding hydrogens is 264 g/mol. The predicted octanol–water partition coefficient (Wildman–Crippen LogP) is 3.24. The van der Waals surface area contributed by atoms with E-state index in [9.17, 15) is 5.11 Å². The van der Waals surface area contributed by atoms with Crippen molar-refractivity contribution in [1.82, 2.24) is 10.1 Å². The van der Waals surface area contributed by atoms with E-state index in [1.54, 1.807) is 0 Å². The first-order chi connectivity index (χ1) is 9.87. The van der Waals surface area contributed by atoms with Gasteiger partial charge in [-0.15, -0.1) is 0 Å². The minimum Gasteiger partial charge on any atom is -0.389 e. The van der Waals surface area contributed by atoms with E-state index in [0.29, 0.717) is 13.1 Å². The van der Waals surface area contributed by atoms with Crippen molar-refractivity contribution < 1.29 is 9.63 Å². The lowest BCUT2D eigenvalue weighted by Crippen LogP contribution is -2.38. The number of nitrogens with zero attached hydrogens (tertiary/aromatic N) is 2. The number of likely N-dealkylation sites (N-methyl/N-ethyl adjacent to an activating group) is 1. The van der Waals surface area contributed by atoms with Gasteiger partial charge in [0.1, 0.15) is 5.69 Å². The SMILES string of the molecule is CCN(Cc1cc(-c2ccc(C)cc2)no1)CC(C)(C)O. The minimum absolute atomic E-state index is 0.601. The van der Waals surface area contributed by atoms with Crippen LogP contribution in [0.15, 0.2) is 34.9 Å². The van der Waals surface area contributed by atoms with Gasteiger partial charge in [-0.25, -0.2) is 0 Å². The standard InChI is InChI=1S/C17H24N2O2/c1-5-19(12-17(3,4)20)11-15-10-16(18-21-15)14-8-6-13(2)7-9-14/h6-10,20H,5,11-12H2,1-4H3. The summed E-state index contributed by atoms with van der Waals surface area (Å²) < 4.78 is 5.42. The highest BCUT2D eigenvalue weighted by Gasteiger charge is 2.18. The van der Waals surface area contributed by atoms with Gasteiger partial charge in [-0.05, 0) is 27.3 Å². The lowest BCUT2D eigenvalue weighted by Gasteiger charge is -2.26. The predicted molar refractivity (Wildman–Crippen MR) is 83.9 cm³/mol. The average Bonchev–Trinajstić information content (AvgIpc) is 2.85. The normalized spacial score (nSPS) is 12.1. The molecule has 2 rings (SSSR count). The number of benzene rings is 1. The van der Waals surface area contributed by atoms with Crippen molar-refractivity contribution in [2.75, 3.05) is 13.1 Å². The minimum atomic E-state index is -0.712. The summed E-state index contributed by atoms with van der Waals surface area (Å²) in [6.45, 7) is 9.87. The highest BCUT2D eigenvalue weighted by molar-refractivity contribution is 5.59. The first-order valence-electron chi connectivity index (χ1n) is 7.35. The fourth-order valence-electron chi connectivity index (χ4n) is 2.29. The molecule has 0 fully saturated rings. The summed E-state index contributed by atoms with van der Waals surface area (Å²) in [6.07, 6.45) is 0. The average molecular weight is 288 g/mol. The Kier molecular flexibility index (Phi) is 4.80. The van der Waals surface area contributed by atoms with Gasteiger partial charge >= 0.3 is 0 Å². The van der Waals surface area contributed by atoms with Gasteiger partial charge in [-0.1, -0.05) is 41.9 Å². The summed E-state index contributed by atoms with van der Waals surface area (Å²) in [5, 5.41) is 14.1. The molecule has 4 heteroatoms. The zero-order valence-electron chi connectivity index (χ0n) is 13.3. The quantitative estimate of drug-likeness (QED) is 0.886. The number of hydrogen-bond acceptors (Lipinski definition) is 4. The second kappa shape index (κ2) is 6.41. The van der Waals surface area contributed by atoms with E-state index in [4.69, 9.17) is 4.52 Å². The lowest BCUT2D eigenvalue weighted by atomic mass is 10.1. The van der Waals surface area contributed by atoms with Crippen LogP contribution in [0.5, 0.6) is 0 Å². The van der Waals surface area contributed by atoms with Crippen LogP contribution in [-0.4, -0.2) is 33.9 Å². The molecule has 1 aromatic heterocycles. The fourth-order valence-corrected chi connectivity index (χ4v) is 2.29. The summed E-state index contributed by atoms with van der Waals surface area (Å²) >= 11 is 0. The zero-order chi connectivity index (χ0) is 15.5. The Morgan fingerprint density at radius 3 is 2.48 bits per heavy atom. The van der Waals surface area contributed by atoms with E-state index in [1.165, 1.54) is 5.56 Å². The Labute approximate surface area is 126 Å². The number of aromatic nitrogens is 1. The number of aliphatic hydroxyl groups is 1. The van der Waals surface area contributed by atoms with Crippen LogP contribution in [0.4, 0.5) is 0 Å². The number of aryl methyl sites for hydroxylation is 1. The van der Waals surface area contributed by atoms with Gasteiger partial charge in [-0.2, -0.15) is 0 Å². The Hall–Kier alpha value is -1.65. The Balaban J connectivity index is 2.07. The topological polar surface area (TPSA) is 49.5 Å². The Bertz CT molecular complexity index is 567. The molecule has 1 heterocycles. The molecular formula is C17H24N2O2. The molecule has 0 saturated heterocycles. The largest absolute Gasteiger partial charge is 0.389 e. The van der Waals surface area contributed by atoms with E-state index in [0.717, 1.165) is 23.6 Å². The van der Waals surface area contributed by atoms with Crippen LogP contribution in [0, 0.1) is 6.92 Å². The second-order valence-corrected chi connectivity index (χ2v) is 6.16. The van der Waals surface area contributed by atoms with Crippen LogP contribution in [0.3, 0.4) is 0 Å². The van der Waals surface area contributed by atoms with Crippen LogP contribution in [-0.2, 0) is 6.54 Å². The van der Waals surface area contributed by atoms with Gasteiger partial charge in [0.25, 0.3) is 0 Å². The summed E-state index contributed by atoms with van der Waals surface area (Å²) in [4.78, 5) is 2.14. The van der Waals surface area contributed by atoms with Crippen molar-refractivity contribution in [2.24, 2.45) is 0 Å². The van der Waals surface area contributed by atoms with E-state index in [1.807, 2.05) is 32.0 Å². The molecule has 0 atom stereocenters. The zero-order valence-corrected chi connectivity index (χ0v) is 13.3. The van der Waals surface area contributed by atoms with E-state index < -0.39 is 5.60 Å². The highest BCUT2D eigenvalue weighted by atomic mass is 16.5. The maximum atomic E-state index is 9.92. The molecule has 1 aromatic carbocycles. The smallest absolute Gasteiger partial charge is 0.151 e. The van der Waals surface area contributed by atoms with E-state index >= 15 is 0 Å². The monoisotopic (exact) mass is 288 g/mol. The summed E-state index contributed by atoms with van der Waals surface area (Å²) in [5.41, 5.74) is 2.42. The Morgan fingerprint density at radius 2 is 1.90 bits per heavy atom. The molecule has 0 spiro atoms. The van der Waals surface area contributed by atoms with Crippen molar-refractivity contribution >= 4 is 0 Å². The number of rotatable bonds is 6. The molecule has 0 unspecified atom stereocenters. The molecule has 1 N–H and O–H groups in total. The van der Waals surface area contributed by atoms with Crippen molar-refractivity contribution in [3.63, 3.8) is 0 Å². The first kappa shape index (κ1) is 15.7. The molecule has 0 bridgehead atoms. The molecule has 0 saturated carbocycles. The van der Waals surface area contributed by atoms with Crippen LogP contribution < -0.4 is 0 Å². The summed E-state index contributed by atoms with van der Waals surface area (Å²) in [6, 6.07) is 10.2. The first-order valence-corrected chi connectivity index (χ1v) is 7.35. The molecule has 2 aromatic rings. The highest BCUT2D eigenvalue weighted by Crippen LogP contribution is 2.20. The maximum Gasteiger partial charge on any atom is 0.151 e. The molecule has 0 aliphatic rings. The molecule has 0 aliphatic heterocycles. The van der Waals surface area contributed by atoms with Crippen LogP contribution in [0.2, 0.25) is 0 Å². The van der Waals surface area contributed by atoms with Gasteiger partial charge in [-0.3, -0.25) is 4.90 Å². The second-order valence-electron chi connectivity index (χ2n) is 6.16. The third-order valence-corrected chi connectivity index (χ3v) is 3.34. The van der Waals surface area contributed by atoms with Crippen LogP contribution in [0.1, 0.15) is 32.1 Å². The Morgan fingerprint density at radius 1 is 1.24 bits per heavy atom. The molecule has 114 valence electrons. The third-order valence-electron chi connectivity index (χ3n) is 3.34. The van der Waals surface area contributed by atoms with Crippen molar-refractivity contribution in [2.45, 2.75) is 39.8 Å². The van der Waals surface area contributed by atoms with Gasteiger partial charge in [0.05, 0.1) is 12.1 Å². The van der Waals surface area contributed by atoms with Gasteiger partial charge in [0.15, 0.2) is 5.76 Å².